The van der Waals surface area contributed by atoms with Gasteiger partial charge < -0.3 is 19.5 Å². The number of carbonyl (C=O) groups is 2. The Morgan fingerprint density at radius 2 is 1.68 bits per heavy atom. The summed E-state index contributed by atoms with van der Waals surface area (Å²) >= 11 is 6.06. The minimum absolute atomic E-state index is 0.0353. The van der Waals surface area contributed by atoms with Crippen LogP contribution in [0.1, 0.15) is 46.9 Å². The highest BCUT2D eigenvalue weighted by atomic mass is 35.5. The number of carboxylic acids is 1. The topological polar surface area (TPSA) is 184 Å². The molecule has 15 heteroatoms. The number of amides is 1. The fourth-order valence-electron chi connectivity index (χ4n) is 5.88. The summed E-state index contributed by atoms with van der Waals surface area (Å²) in [7, 11) is 0. The molecule has 0 spiro atoms. The number of benzene rings is 2. The number of anilines is 1. The molecule has 0 bridgehead atoms. The molecule has 2 aromatic carbocycles. The van der Waals surface area contributed by atoms with Gasteiger partial charge in [-0.1, -0.05) is 54.1 Å². The maximum atomic E-state index is 14.4. The lowest BCUT2D eigenvalue weighted by molar-refractivity contribution is -0.797. The molecule has 0 radical (unpaired) electrons. The molecule has 1 aliphatic heterocycles. The number of carboxylic acid groups (broad SMARTS) is 1. The van der Waals surface area contributed by atoms with Gasteiger partial charge in [-0.3, -0.25) is 14.7 Å². The lowest BCUT2D eigenvalue weighted by Gasteiger charge is -2.33. The Balaban J connectivity index is 1.60. The summed E-state index contributed by atoms with van der Waals surface area (Å²) in [6.45, 7) is 1.67. The molecule has 14 nitrogen and oxygen atoms in total. The molecule has 44 heavy (non-hydrogen) atoms. The number of hydrogen-bond acceptors (Lipinski definition) is 10. The fourth-order valence-corrected chi connectivity index (χ4v) is 6.00. The summed E-state index contributed by atoms with van der Waals surface area (Å²) in [4.78, 5) is 64.5. The first kappa shape index (κ1) is 30.6. The van der Waals surface area contributed by atoms with Gasteiger partial charge in [0.15, 0.2) is 0 Å². The van der Waals surface area contributed by atoms with Crippen molar-refractivity contribution < 1.29 is 39.3 Å². The highest BCUT2D eigenvalue weighted by molar-refractivity contribution is 6.30. The van der Waals surface area contributed by atoms with Crippen LogP contribution in [-0.4, -0.2) is 50.4 Å². The number of rotatable bonds is 11. The van der Waals surface area contributed by atoms with Crippen molar-refractivity contribution in [3.8, 4) is 0 Å². The molecule has 1 aliphatic carbocycles. The lowest BCUT2D eigenvalue weighted by atomic mass is 9.95. The van der Waals surface area contributed by atoms with Gasteiger partial charge >= 0.3 is 5.97 Å². The fraction of sp³-hybridized carbons (Fsp3) is 0.345. The number of hydrogen-bond donors (Lipinski definition) is 1. The van der Waals surface area contributed by atoms with E-state index in [2.05, 4.69) is 14.7 Å². The van der Waals surface area contributed by atoms with Crippen molar-refractivity contribution in [2.75, 3.05) is 4.90 Å². The van der Waals surface area contributed by atoms with E-state index in [1.165, 1.54) is 0 Å². The average Bonchev–Trinajstić information content (AvgIpc) is 3.58. The van der Waals surface area contributed by atoms with Gasteiger partial charge in [-0.05, 0) is 43.0 Å². The summed E-state index contributed by atoms with van der Waals surface area (Å²) in [5, 5.41) is 31.1. The van der Waals surface area contributed by atoms with E-state index in [1.54, 1.807) is 67.7 Å². The maximum absolute atomic E-state index is 14.4. The Labute approximate surface area is 255 Å². The van der Waals surface area contributed by atoms with Crippen LogP contribution in [0.5, 0.6) is 0 Å². The molecule has 2 heterocycles. The van der Waals surface area contributed by atoms with Crippen LogP contribution in [0.3, 0.4) is 0 Å². The third kappa shape index (κ3) is 6.40. The summed E-state index contributed by atoms with van der Waals surface area (Å²) in [6.07, 6.45) is -2.47. The summed E-state index contributed by atoms with van der Waals surface area (Å²) < 4.78 is 6.12. The molecule has 2 aliphatic rings. The average molecular weight is 627 g/mol. The Kier molecular flexibility index (Phi) is 8.92. The van der Waals surface area contributed by atoms with E-state index in [-0.39, 0.29) is 31.6 Å². The quantitative estimate of drug-likeness (QED) is 0.237. The highest BCUT2D eigenvalue weighted by Gasteiger charge is 2.47. The monoisotopic (exact) mass is 626 g/mol. The SMILES string of the molecule is Cc1ncc2c(c1N(C(=O)C1C[C@H](O[N+](=O)[O-])[C@H](O[N+](=O)[O-])C1)[C@H](Cc1ccccc1)C(=O)O)COC2c1ccc(Cl)cc1. The summed E-state index contributed by atoms with van der Waals surface area (Å²) in [6, 6.07) is 14.3. The standard InChI is InChI=1S/C29H27ClN4O10/c1-16-26(22-15-42-27(21(22)14-31-16)18-7-9-20(30)10-8-18)32(23(29(36)37)11-17-5-3-2-4-6-17)28(35)19-12-24(43-33(38)39)25(13-19)44-34(40)41/h2-10,14,19,23-25,27H,11-13,15H2,1H3,(H,36,37)/t19?,23-,24-,25+,27?/m1/s1. The van der Waals surface area contributed by atoms with Crippen LogP contribution in [0.25, 0.3) is 0 Å². The Morgan fingerprint density at radius 1 is 1.07 bits per heavy atom. The first-order valence-electron chi connectivity index (χ1n) is 13.6. The second-order valence-corrected chi connectivity index (χ2v) is 11.0. The minimum Gasteiger partial charge on any atom is -0.480 e. The van der Waals surface area contributed by atoms with Gasteiger partial charge in [0, 0.05) is 34.7 Å². The molecular weight excluding hydrogens is 600 g/mol. The van der Waals surface area contributed by atoms with Crippen LogP contribution in [0, 0.1) is 33.1 Å². The van der Waals surface area contributed by atoms with Gasteiger partial charge in [-0.15, -0.1) is 20.2 Å². The van der Waals surface area contributed by atoms with Crippen LogP contribution in [0.2, 0.25) is 5.02 Å². The number of aryl methyl sites for hydroxylation is 1. The zero-order chi connectivity index (χ0) is 31.5. The third-order valence-electron chi connectivity index (χ3n) is 7.81. The van der Waals surface area contributed by atoms with Gasteiger partial charge in [-0.25, -0.2) is 4.79 Å². The largest absolute Gasteiger partial charge is 0.480 e. The van der Waals surface area contributed by atoms with Crippen molar-refractivity contribution >= 4 is 29.2 Å². The number of ether oxygens (including phenoxy) is 1. The lowest BCUT2D eigenvalue weighted by Crippen LogP contribution is -2.49. The van der Waals surface area contributed by atoms with Crippen molar-refractivity contribution in [1.29, 1.82) is 0 Å². The Hall–Kier alpha value is -4.82. The molecule has 1 aromatic heterocycles. The number of carbonyl (C=O) groups excluding carboxylic acids is 1. The number of fused-ring (bicyclic) bond motifs is 1. The second-order valence-electron chi connectivity index (χ2n) is 10.5. The zero-order valence-corrected chi connectivity index (χ0v) is 24.0. The number of nitrogens with zero attached hydrogens (tertiary/aromatic N) is 4. The van der Waals surface area contributed by atoms with Crippen LogP contribution >= 0.6 is 11.6 Å². The number of aromatic nitrogens is 1. The Bertz CT molecular complexity index is 1550. The van der Waals surface area contributed by atoms with E-state index in [0.717, 1.165) is 10.5 Å². The second kappa shape index (κ2) is 12.8. The molecule has 5 atom stereocenters. The molecule has 3 aromatic rings. The maximum Gasteiger partial charge on any atom is 0.327 e. The van der Waals surface area contributed by atoms with Crippen molar-refractivity contribution in [3.63, 3.8) is 0 Å². The van der Waals surface area contributed by atoms with E-state index >= 15 is 0 Å². The molecule has 1 saturated carbocycles. The first-order chi connectivity index (χ1) is 21.0. The van der Waals surface area contributed by atoms with Crippen molar-refractivity contribution in [1.82, 2.24) is 4.98 Å². The number of halogens is 1. The predicted octanol–water partition coefficient (Wildman–Crippen LogP) is 4.26. The molecule has 1 N–H and O–H groups in total. The van der Waals surface area contributed by atoms with Gasteiger partial charge in [0.25, 0.3) is 10.2 Å². The molecule has 230 valence electrons. The zero-order valence-electron chi connectivity index (χ0n) is 23.3. The van der Waals surface area contributed by atoms with E-state index in [1.807, 2.05) is 0 Å². The molecule has 0 saturated heterocycles. The van der Waals surface area contributed by atoms with Gasteiger partial charge in [-0.2, -0.15) is 0 Å². The van der Waals surface area contributed by atoms with E-state index in [4.69, 9.17) is 16.3 Å². The molecular formula is C29H27ClN4O10. The van der Waals surface area contributed by atoms with Gasteiger partial charge in [0.2, 0.25) is 5.91 Å². The van der Waals surface area contributed by atoms with Crippen LogP contribution in [0.15, 0.2) is 60.8 Å². The summed E-state index contributed by atoms with van der Waals surface area (Å²) in [5.41, 5.74) is 3.19. The van der Waals surface area contributed by atoms with Crippen molar-refractivity contribution in [3.05, 3.63) is 114 Å². The van der Waals surface area contributed by atoms with Crippen LogP contribution in [-0.2, 0) is 37.0 Å². The van der Waals surface area contributed by atoms with Gasteiger partial charge in [0.05, 0.1) is 18.0 Å². The number of aliphatic carboxylic acids is 1. The van der Waals surface area contributed by atoms with E-state index in [0.29, 0.717) is 27.4 Å². The van der Waals surface area contributed by atoms with Gasteiger partial charge in [0.1, 0.15) is 24.4 Å². The first-order valence-corrected chi connectivity index (χ1v) is 14.0. The van der Waals surface area contributed by atoms with E-state index in [9.17, 15) is 34.9 Å². The molecule has 1 amide bonds. The van der Waals surface area contributed by atoms with Crippen LogP contribution < -0.4 is 4.90 Å². The normalized spacial score (nSPS) is 21.2. The summed E-state index contributed by atoms with van der Waals surface area (Å²) in [5.74, 6) is -3.12. The molecule has 1 fully saturated rings. The third-order valence-corrected chi connectivity index (χ3v) is 8.06. The number of pyridine rings is 1. The minimum atomic E-state index is -1.43. The predicted molar refractivity (Wildman–Crippen MR) is 153 cm³/mol. The Morgan fingerprint density at radius 3 is 2.25 bits per heavy atom. The van der Waals surface area contributed by atoms with Crippen molar-refractivity contribution in [2.24, 2.45) is 5.92 Å². The van der Waals surface area contributed by atoms with E-state index < -0.39 is 52.3 Å². The van der Waals surface area contributed by atoms with Crippen molar-refractivity contribution in [2.45, 2.75) is 57.1 Å². The van der Waals surface area contributed by atoms with Crippen LogP contribution in [0.4, 0.5) is 5.69 Å². The molecule has 2 unspecified atom stereocenters. The molecule has 5 rings (SSSR count). The highest BCUT2D eigenvalue weighted by Crippen LogP contribution is 2.43. The smallest absolute Gasteiger partial charge is 0.327 e.